The van der Waals surface area contributed by atoms with E-state index < -0.39 is 0 Å². The van der Waals surface area contributed by atoms with Crippen LogP contribution in [0.25, 0.3) is 0 Å². The number of hydrogen-bond acceptors (Lipinski definition) is 3. The van der Waals surface area contributed by atoms with Crippen molar-refractivity contribution < 1.29 is 14.4 Å². The van der Waals surface area contributed by atoms with Gasteiger partial charge in [0.15, 0.2) is 0 Å². The molecule has 150 valence electrons. The van der Waals surface area contributed by atoms with E-state index in [2.05, 4.69) is 40.1 Å². The first-order valence-electron chi connectivity index (χ1n) is 10.3. The van der Waals surface area contributed by atoms with Crippen LogP contribution in [-0.2, 0) is 9.59 Å². The topological polar surface area (TPSA) is 66.5 Å². The van der Waals surface area contributed by atoms with Crippen LogP contribution in [0.15, 0.2) is 60.7 Å². The Kier molecular flexibility index (Phi) is 3.97. The summed E-state index contributed by atoms with van der Waals surface area (Å²) in [5.74, 6) is 0.807. The molecule has 2 bridgehead atoms. The van der Waals surface area contributed by atoms with E-state index >= 15 is 0 Å². The lowest BCUT2D eigenvalue weighted by Gasteiger charge is -2.37. The van der Waals surface area contributed by atoms with Crippen molar-refractivity contribution in [1.82, 2.24) is 0 Å². The van der Waals surface area contributed by atoms with E-state index in [4.69, 9.17) is 0 Å². The van der Waals surface area contributed by atoms with Gasteiger partial charge in [-0.2, -0.15) is 0 Å². The highest BCUT2D eigenvalue weighted by Gasteiger charge is 2.67. The predicted molar refractivity (Wildman–Crippen MR) is 121 cm³/mol. The standard InChI is InChI=1S/C24H19IN2O3/c25-13-3-5-14(6-4-13)26-22(28)12-1-7-15(8-2-12)27-23(29)20-16-9-10-17(19-11-18(16)19)21(20)24(27)30/h1-10,16-21H,11H2,(H,26,28)/t16-,17-,18-,19-,20+,21+/m1/s1. The highest BCUT2D eigenvalue weighted by molar-refractivity contribution is 14.1. The van der Waals surface area contributed by atoms with Crippen molar-refractivity contribution in [3.63, 3.8) is 0 Å². The third-order valence-corrected chi connectivity index (χ3v) is 7.87. The molecule has 0 radical (unpaired) electrons. The van der Waals surface area contributed by atoms with Crippen molar-refractivity contribution >= 4 is 51.7 Å². The molecule has 0 unspecified atom stereocenters. The fourth-order valence-corrected chi connectivity index (χ4v) is 6.07. The van der Waals surface area contributed by atoms with E-state index in [9.17, 15) is 14.4 Å². The number of halogens is 1. The molecule has 4 aliphatic carbocycles. The molecule has 5 aliphatic rings. The van der Waals surface area contributed by atoms with E-state index in [1.165, 1.54) is 4.90 Å². The number of benzene rings is 2. The third kappa shape index (κ3) is 2.62. The van der Waals surface area contributed by atoms with Crippen molar-refractivity contribution in [3.05, 3.63) is 69.8 Å². The van der Waals surface area contributed by atoms with Gasteiger partial charge in [0, 0.05) is 14.8 Å². The zero-order chi connectivity index (χ0) is 20.6. The molecular formula is C24H19IN2O3. The average molecular weight is 510 g/mol. The van der Waals surface area contributed by atoms with Gasteiger partial charge >= 0.3 is 0 Å². The Labute approximate surface area is 187 Å². The molecule has 2 aromatic carbocycles. The number of carbonyl (C=O) groups is 3. The van der Waals surface area contributed by atoms with Gasteiger partial charge in [-0.3, -0.25) is 19.3 Å². The zero-order valence-electron chi connectivity index (χ0n) is 16.0. The fourth-order valence-electron chi connectivity index (χ4n) is 5.71. The molecule has 0 aromatic heterocycles. The van der Waals surface area contributed by atoms with Crippen LogP contribution in [0, 0.1) is 39.1 Å². The Morgan fingerprint density at radius 3 is 2.00 bits per heavy atom. The molecule has 1 N–H and O–H groups in total. The maximum atomic E-state index is 13.2. The highest BCUT2D eigenvalue weighted by atomic mass is 127. The maximum Gasteiger partial charge on any atom is 0.255 e. The van der Waals surface area contributed by atoms with Crippen LogP contribution in [-0.4, -0.2) is 17.7 Å². The summed E-state index contributed by atoms with van der Waals surface area (Å²) in [5, 5.41) is 2.86. The first kappa shape index (κ1) is 18.3. The first-order chi connectivity index (χ1) is 14.5. The number of nitrogens with one attached hydrogen (secondary N) is 1. The van der Waals surface area contributed by atoms with Gasteiger partial charge in [0.2, 0.25) is 11.8 Å². The van der Waals surface area contributed by atoms with Crippen LogP contribution < -0.4 is 10.2 Å². The Morgan fingerprint density at radius 1 is 0.867 bits per heavy atom. The van der Waals surface area contributed by atoms with Crippen molar-refractivity contribution in [1.29, 1.82) is 0 Å². The molecule has 1 heterocycles. The molecule has 7 rings (SSSR count). The molecule has 2 saturated carbocycles. The summed E-state index contributed by atoms with van der Waals surface area (Å²) < 4.78 is 1.09. The van der Waals surface area contributed by atoms with Crippen LogP contribution in [0.5, 0.6) is 0 Å². The molecular weight excluding hydrogens is 491 g/mol. The summed E-state index contributed by atoms with van der Waals surface area (Å²) in [7, 11) is 0. The minimum atomic E-state index is -0.224. The largest absolute Gasteiger partial charge is 0.322 e. The smallest absolute Gasteiger partial charge is 0.255 e. The Bertz CT molecular complexity index is 1070. The van der Waals surface area contributed by atoms with Crippen molar-refractivity contribution in [3.8, 4) is 0 Å². The van der Waals surface area contributed by atoms with Crippen LogP contribution in [0.4, 0.5) is 11.4 Å². The first-order valence-corrected chi connectivity index (χ1v) is 11.3. The van der Waals surface area contributed by atoms with E-state index in [-0.39, 0.29) is 41.4 Å². The Morgan fingerprint density at radius 2 is 1.43 bits per heavy atom. The van der Waals surface area contributed by atoms with E-state index in [0.717, 1.165) is 15.7 Å². The van der Waals surface area contributed by atoms with E-state index in [1.54, 1.807) is 24.3 Å². The Hall–Kier alpha value is -2.48. The highest BCUT2D eigenvalue weighted by Crippen LogP contribution is 2.65. The number of amides is 3. The van der Waals surface area contributed by atoms with Crippen molar-refractivity contribution in [2.24, 2.45) is 35.5 Å². The second-order valence-electron chi connectivity index (χ2n) is 8.67. The SMILES string of the molecule is O=C(Nc1ccc(I)cc1)c1ccc(N2C(=O)[C@H]3[C@@H]4C=C[C@H]([C@H]5C[C@H]45)[C@@H]3C2=O)cc1. The van der Waals surface area contributed by atoms with Crippen molar-refractivity contribution in [2.75, 3.05) is 10.2 Å². The minimum absolute atomic E-state index is 0.0780. The molecule has 3 amide bonds. The fraction of sp³-hybridized carbons (Fsp3) is 0.292. The number of rotatable bonds is 3. The second kappa shape index (κ2) is 6.51. The van der Waals surface area contributed by atoms with Crippen LogP contribution >= 0.6 is 22.6 Å². The summed E-state index contributed by atoms with van der Waals surface area (Å²) in [6.45, 7) is 0. The van der Waals surface area contributed by atoms with Gasteiger partial charge < -0.3 is 5.32 Å². The van der Waals surface area contributed by atoms with Gasteiger partial charge in [-0.15, -0.1) is 0 Å². The van der Waals surface area contributed by atoms with Crippen LogP contribution in [0.1, 0.15) is 16.8 Å². The molecule has 6 heteroatoms. The van der Waals surface area contributed by atoms with Gasteiger partial charge in [0.05, 0.1) is 17.5 Å². The summed E-state index contributed by atoms with van der Waals surface area (Å²) >= 11 is 2.21. The number of anilines is 2. The van der Waals surface area contributed by atoms with Gasteiger partial charge in [0.25, 0.3) is 5.91 Å². The van der Waals surface area contributed by atoms with Crippen molar-refractivity contribution in [2.45, 2.75) is 6.42 Å². The van der Waals surface area contributed by atoms with Crippen LogP contribution in [0.2, 0.25) is 0 Å². The maximum absolute atomic E-state index is 13.2. The van der Waals surface area contributed by atoms with Gasteiger partial charge in [0.1, 0.15) is 0 Å². The summed E-state index contributed by atoms with van der Waals surface area (Å²) in [6, 6.07) is 14.3. The number of hydrogen-bond donors (Lipinski definition) is 1. The predicted octanol–water partition coefficient (Wildman–Crippen LogP) is 4.10. The summed E-state index contributed by atoms with van der Waals surface area (Å²) in [6.07, 6.45) is 5.50. The normalized spacial score (nSPS) is 32.8. The molecule has 1 saturated heterocycles. The molecule has 2 aromatic rings. The molecule has 1 aliphatic heterocycles. The van der Waals surface area contributed by atoms with Crippen LogP contribution in [0.3, 0.4) is 0 Å². The molecule has 5 nitrogen and oxygen atoms in total. The minimum Gasteiger partial charge on any atom is -0.322 e. The number of nitrogens with zero attached hydrogens (tertiary/aromatic N) is 1. The lowest BCUT2D eigenvalue weighted by molar-refractivity contribution is -0.124. The Balaban J connectivity index is 1.23. The van der Waals surface area contributed by atoms with Gasteiger partial charge in [-0.1, -0.05) is 12.2 Å². The third-order valence-electron chi connectivity index (χ3n) is 7.15. The number of carbonyl (C=O) groups excluding carboxylic acids is 3. The molecule has 0 spiro atoms. The second-order valence-corrected chi connectivity index (χ2v) is 9.92. The number of imide groups is 1. The molecule has 3 fully saturated rings. The lowest BCUT2D eigenvalue weighted by Crippen LogP contribution is -2.40. The molecule has 30 heavy (non-hydrogen) atoms. The molecule has 6 atom stereocenters. The van der Waals surface area contributed by atoms with E-state index in [1.807, 2.05) is 24.3 Å². The summed E-state index contributed by atoms with van der Waals surface area (Å²) in [5.41, 5.74) is 1.76. The lowest BCUT2D eigenvalue weighted by atomic mass is 9.63. The van der Waals surface area contributed by atoms with Gasteiger partial charge in [-0.25, -0.2) is 0 Å². The summed E-state index contributed by atoms with van der Waals surface area (Å²) in [4.78, 5) is 40.3. The number of allylic oxidation sites excluding steroid dienone is 2. The monoisotopic (exact) mass is 510 g/mol. The zero-order valence-corrected chi connectivity index (χ0v) is 18.2. The van der Waals surface area contributed by atoms with Gasteiger partial charge in [-0.05, 0) is 101 Å². The van der Waals surface area contributed by atoms with E-state index in [0.29, 0.717) is 23.1 Å². The average Bonchev–Trinajstić information content (AvgIpc) is 3.53. The quantitative estimate of drug-likeness (QED) is 0.384.